The highest BCUT2D eigenvalue weighted by Gasteiger charge is 2.21. The van der Waals surface area contributed by atoms with Gasteiger partial charge in [0, 0.05) is 12.7 Å². The zero-order chi connectivity index (χ0) is 17.8. The second-order valence-corrected chi connectivity index (χ2v) is 5.94. The van der Waals surface area contributed by atoms with Gasteiger partial charge in [-0.2, -0.15) is 0 Å². The molecule has 0 aliphatic rings. The Labute approximate surface area is 141 Å². The highest BCUT2D eigenvalue weighted by atomic mass is 32.2. The van der Waals surface area contributed by atoms with Crippen molar-refractivity contribution in [2.75, 3.05) is 19.3 Å². The molecule has 0 fully saturated rings. The van der Waals surface area contributed by atoms with E-state index in [9.17, 15) is 19.2 Å². The number of hydrogen-bond donors (Lipinski definition) is 4. The van der Waals surface area contributed by atoms with Crippen LogP contribution in [0.2, 0.25) is 0 Å². The SMILES string of the molecule is CCC(=O)NC(CC(C)C)C(=O)NCC(=O)NCC(=O)NSC. The minimum atomic E-state index is -0.671. The van der Waals surface area contributed by atoms with Crippen LogP contribution in [0, 0.1) is 5.92 Å². The van der Waals surface area contributed by atoms with Gasteiger partial charge in [0.15, 0.2) is 0 Å². The lowest BCUT2D eigenvalue weighted by atomic mass is 10.0. The van der Waals surface area contributed by atoms with Gasteiger partial charge in [0.05, 0.1) is 13.1 Å². The second kappa shape index (κ2) is 11.8. The van der Waals surface area contributed by atoms with Gasteiger partial charge in [0.25, 0.3) is 0 Å². The summed E-state index contributed by atoms with van der Waals surface area (Å²) >= 11 is 1.14. The van der Waals surface area contributed by atoms with Crippen LogP contribution in [0.1, 0.15) is 33.6 Å². The molecule has 0 aliphatic heterocycles. The molecule has 1 atom stereocenters. The molecule has 0 saturated heterocycles. The van der Waals surface area contributed by atoms with E-state index in [1.807, 2.05) is 13.8 Å². The zero-order valence-corrected chi connectivity index (χ0v) is 14.8. The third-order valence-corrected chi connectivity index (χ3v) is 3.20. The van der Waals surface area contributed by atoms with E-state index in [1.54, 1.807) is 13.2 Å². The first kappa shape index (κ1) is 21.2. The van der Waals surface area contributed by atoms with Crippen LogP contribution in [0.15, 0.2) is 0 Å². The van der Waals surface area contributed by atoms with E-state index in [4.69, 9.17) is 0 Å². The van der Waals surface area contributed by atoms with Crippen molar-refractivity contribution >= 4 is 35.6 Å². The molecule has 0 heterocycles. The zero-order valence-electron chi connectivity index (χ0n) is 14.0. The van der Waals surface area contributed by atoms with Crippen molar-refractivity contribution in [2.45, 2.75) is 39.7 Å². The van der Waals surface area contributed by atoms with E-state index >= 15 is 0 Å². The Morgan fingerprint density at radius 2 is 1.57 bits per heavy atom. The van der Waals surface area contributed by atoms with E-state index in [-0.39, 0.29) is 37.2 Å². The summed E-state index contributed by atoms with van der Waals surface area (Å²) in [6, 6.07) is -0.671. The number of carbonyl (C=O) groups excluding carboxylic acids is 4. The summed E-state index contributed by atoms with van der Waals surface area (Å²) in [5, 5.41) is 7.50. The average molecular weight is 346 g/mol. The minimum Gasteiger partial charge on any atom is -0.345 e. The summed E-state index contributed by atoms with van der Waals surface area (Å²) < 4.78 is 2.46. The highest BCUT2D eigenvalue weighted by Crippen LogP contribution is 2.05. The fourth-order valence-electron chi connectivity index (χ4n) is 1.68. The van der Waals surface area contributed by atoms with Gasteiger partial charge < -0.3 is 16.0 Å². The highest BCUT2D eigenvalue weighted by molar-refractivity contribution is 7.97. The number of nitrogens with one attached hydrogen (secondary N) is 4. The maximum atomic E-state index is 12.1. The van der Waals surface area contributed by atoms with Crippen molar-refractivity contribution < 1.29 is 19.2 Å². The molecule has 0 aromatic heterocycles. The molecule has 4 N–H and O–H groups in total. The molecule has 0 aromatic rings. The first-order chi connectivity index (χ1) is 10.8. The lowest BCUT2D eigenvalue weighted by Gasteiger charge is -2.19. The van der Waals surface area contributed by atoms with Crippen LogP contribution in [-0.4, -0.2) is 49.0 Å². The largest absolute Gasteiger partial charge is 0.345 e. The van der Waals surface area contributed by atoms with Gasteiger partial charge in [-0.3, -0.25) is 23.9 Å². The maximum Gasteiger partial charge on any atom is 0.249 e. The summed E-state index contributed by atoms with van der Waals surface area (Å²) in [4.78, 5) is 46.3. The average Bonchev–Trinajstić information content (AvgIpc) is 2.49. The second-order valence-electron chi connectivity index (χ2n) is 5.33. The molecule has 0 rings (SSSR count). The predicted octanol–water partition coefficient (Wildman–Crippen LogP) is -0.446. The summed E-state index contributed by atoms with van der Waals surface area (Å²) in [7, 11) is 0. The fraction of sp³-hybridized carbons (Fsp3) is 0.714. The third kappa shape index (κ3) is 10.6. The van der Waals surface area contributed by atoms with Crippen LogP contribution >= 0.6 is 11.9 Å². The number of amides is 4. The van der Waals surface area contributed by atoms with Crippen molar-refractivity contribution in [3.8, 4) is 0 Å². The van der Waals surface area contributed by atoms with Gasteiger partial charge in [-0.05, 0) is 12.3 Å². The van der Waals surface area contributed by atoms with Crippen LogP contribution < -0.4 is 20.7 Å². The normalized spacial score (nSPS) is 11.5. The molecule has 132 valence electrons. The molecule has 0 bridgehead atoms. The maximum absolute atomic E-state index is 12.1. The monoisotopic (exact) mass is 346 g/mol. The molecule has 9 heteroatoms. The van der Waals surface area contributed by atoms with E-state index in [0.29, 0.717) is 6.42 Å². The number of rotatable bonds is 10. The van der Waals surface area contributed by atoms with Gasteiger partial charge in [-0.1, -0.05) is 32.7 Å². The Kier molecular flexibility index (Phi) is 10.8. The standard InChI is InChI=1S/C14H26N4O4S/c1-5-11(19)17-10(6-9(2)3)14(22)16-7-12(20)15-8-13(21)18-23-4/h9-10H,5-8H2,1-4H3,(H,15,20)(H,16,22)(H,17,19)(H,18,21). The Morgan fingerprint density at radius 1 is 0.957 bits per heavy atom. The predicted molar refractivity (Wildman–Crippen MR) is 89.4 cm³/mol. The van der Waals surface area contributed by atoms with Crippen LogP contribution in [0.3, 0.4) is 0 Å². The van der Waals surface area contributed by atoms with Crippen molar-refractivity contribution in [3.63, 3.8) is 0 Å². The lowest BCUT2D eigenvalue weighted by Crippen LogP contribution is -2.49. The third-order valence-electron chi connectivity index (χ3n) is 2.77. The molecular formula is C14H26N4O4S. The molecular weight excluding hydrogens is 320 g/mol. The molecule has 0 aromatic carbocycles. The molecule has 8 nitrogen and oxygen atoms in total. The summed E-state index contributed by atoms with van der Waals surface area (Å²) in [6.45, 7) is 5.18. The Morgan fingerprint density at radius 3 is 2.09 bits per heavy atom. The topological polar surface area (TPSA) is 116 Å². The van der Waals surface area contributed by atoms with Gasteiger partial charge >= 0.3 is 0 Å². The van der Waals surface area contributed by atoms with Crippen molar-refractivity contribution in [3.05, 3.63) is 0 Å². The van der Waals surface area contributed by atoms with Crippen LogP contribution in [0.5, 0.6) is 0 Å². The molecule has 1 unspecified atom stereocenters. The molecule has 0 radical (unpaired) electrons. The number of hydrogen-bond acceptors (Lipinski definition) is 5. The van der Waals surface area contributed by atoms with Crippen LogP contribution in [-0.2, 0) is 19.2 Å². The van der Waals surface area contributed by atoms with Crippen molar-refractivity contribution in [1.82, 2.24) is 20.7 Å². The Bertz CT molecular complexity index is 429. The Balaban J connectivity index is 4.31. The van der Waals surface area contributed by atoms with Gasteiger partial charge in [-0.25, -0.2) is 0 Å². The van der Waals surface area contributed by atoms with Crippen LogP contribution in [0.25, 0.3) is 0 Å². The first-order valence-corrected chi connectivity index (χ1v) is 8.68. The van der Waals surface area contributed by atoms with Crippen molar-refractivity contribution in [1.29, 1.82) is 0 Å². The smallest absolute Gasteiger partial charge is 0.249 e. The van der Waals surface area contributed by atoms with E-state index in [2.05, 4.69) is 20.7 Å². The molecule has 4 amide bonds. The Hall–Kier alpha value is -1.77. The summed E-state index contributed by atoms with van der Waals surface area (Å²) in [5.74, 6) is -1.22. The van der Waals surface area contributed by atoms with E-state index in [1.165, 1.54) is 0 Å². The molecule has 23 heavy (non-hydrogen) atoms. The fourth-order valence-corrected chi connectivity index (χ4v) is 1.98. The van der Waals surface area contributed by atoms with E-state index < -0.39 is 17.9 Å². The molecule has 0 spiro atoms. The lowest BCUT2D eigenvalue weighted by molar-refractivity contribution is -0.131. The van der Waals surface area contributed by atoms with Crippen LogP contribution in [0.4, 0.5) is 0 Å². The first-order valence-electron chi connectivity index (χ1n) is 7.45. The molecule has 0 saturated carbocycles. The van der Waals surface area contributed by atoms with Crippen molar-refractivity contribution in [2.24, 2.45) is 5.92 Å². The van der Waals surface area contributed by atoms with Gasteiger partial charge in [-0.15, -0.1) is 0 Å². The van der Waals surface area contributed by atoms with E-state index in [0.717, 1.165) is 11.9 Å². The van der Waals surface area contributed by atoms with Gasteiger partial charge in [0.1, 0.15) is 6.04 Å². The van der Waals surface area contributed by atoms with Gasteiger partial charge in [0.2, 0.25) is 23.6 Å². The quantitative estimate of drug-likeness (QED) is 0.400. The number of carbonyl (C=O) groups is 4. The minimum absolute atomic E-state index is 0.155. The summed E-state index contributed by atoms with van der Waals surface area (Å²) in [6.07, 6.45) is 2.46. The molecule has 0 aliphatic carbocycles. The summed E-state index contributed by atoms with van der Waals surface area (Å²) in [5.41, 5.74) is 0.